The maximum atomic E-state index is 11.9. The lowest BCUT2D eigenvalue weighted by Crippen LogP contribution is -2.21. The molecular weight excluding hydrogens is 240 g/mol. The second kappa shape index (κ2) is 5.19. The highest BCUT2D eigenvalue weighted by Crippen LogP contribution is 2.34. The Morgan fingerprint density at radius 3 is 2.79 bits per heavy atom. The van der Waals surface area contributed by atoms with Gasteiger partial charge in [-0.05, 0) is 43.7 Å². The minimum absolute atomic E-state index is 0.0875. The fourth-order valence-corrected chi connectivity index (χ4v) is 2.42. The standard InChI is InChI=1S/C15H20N2O2/c1-2-11-9-13(19-15(18)12-5-6-12)14(16-10-11)17-7-3-4-8-17/h9-10,12H,2-8H2,1H3. The number of ether oxygens (including phenoxy) is 1. The van der Waals surface area contributed by atoms with Crippen molar-refractivity contribution in [2.45, 2.75) is 39.0 Å². The first-order valence-corrected chi connectivity index (χ1v) is 7.23. The van der Waals surface area contributed by atoms with Gasteiger partial charge in [-0.3, -0.25) is 4.79 Å². The molecule has 0 radical (unpaired) electrons. The molecule has 102 valence electrons. The van der Waals surface area contributed by atoms with E-state index in [0.717, 1.165) is 43.7 Å². The number of pyridine rings is 1. The molecule has 0 bridgehead atoms. The Morgan fingerprint density at radius 2 is 2.16 bits per heavy atom. The van der Waals surface area contributed by atoms with E-state index in [-0.39, 0.29) is 11.9 Å². The molecule has 4 heteroatoms. The van der Waals surface area contributed by atoms with E-state index in [9.17, 15) is 4.79 Å². The first kappa shape index (κ1) is 12.5. The zero-order valence-corrected chi connectivity index (χ0v) is 11.4. The van der Waals surface area contributed by atoms with E-state index in [1.807, 2.05) is 12.3 Å². The molecule has 2 heterocycles. The molecule has 0 atom stereocenters. The number of esters is 1. The molecule has 0 unspecified atom stereocenters. The molecule has 0 amide bonds. The van der Waals surface area contributed by atoms with E-state index in [1.54, 1.807) is 0 Å². The highest BCUT2D eigenvalue weighted by Gasteiger charge is 2.32. The van der Waals surface area contributed by atoms with E-state index < -0.39 is 0 Å². The number of aryl methyl sites for hydroxylation is 1. The van der Waals surface area contributed by atoms with Crippen LogP contribution in [-0.2, 0) is 11.2 Å². The third-order valence-corrected chi connectivity index (χ3v) is 3.82. The monoisotopic (exact) mass is 260 g/mol. The normalized spacial score (nSPS) is 18.7. The Hall–Kier alpha value is -1.58. The molecule has 1 saturated carbocycles. The molecule has 1 aliphatic heterocycles. The highest BCUT2D eigenvalue weighted by molar-refractivity contribution is 5.79. The van der Waals surface area contributed by atoms with Gasteiger partial charge in [0.15, 0.2) is 11.6 Å². The quantitative estimate of drug-likeness (QED) is 0.780. The predicted octanol–water partition coefficient (Wildman–Crippen LogP) is 2.56. The molecule has 0 N–H and O–H groups in total. The van der Waals surface area contributed by atoms with Crippen molar-refractivity contribution in [2.24, 2.45) is 5.92 Å². The van der Waals surface area contributed by atoms with Gasteiger partial charge in [0, 0.05) is 19.3 Å². The van der Waals surface area contributed by atoms with Gasteiger partial charge in [-0.25, -0.2) is 4.98 Å². The summed E-state index contributed by atoms with van der Waals surface area (Å²) in [5.41, 5.74) is 1.11. The lowest BCUT2D eigenvalue weighted by Gasteiger charge is -2.20. The summed E-state index contributed by atoms with van der Waals surface area (Å²) in [6, 6.07) is 1.97. The average molecular weight is 260 g/mol. The van der Waals surface area contributed by atoms with Crippen LogP contribution in [0, 0.1) is 5.92 Å². The number of carbonyl (C=O) groups excluding carboxylic acids is 1. The molecule has 2 aliphatic rings. The van der Waals surface area contributed by atoms with Gasteiger partial charge in [-0.15, -0.1) is 0 Å². The SMILES string of the molecule is CCc1cnc(N2CCCC2)c(OC(=O)C2CC2)c1. The van der Waals surface area contributed by atoms with Gasteiger partial charge < -0.3 is 9.64 Å². The fourth-order valence-electron chi connectivity index (χ4n) is 2.42. The maximum Gasteiger partial charge on any atom is 0.314 e. The van der Waals surface area contributed by atoms with Crippen molar-refractivity contribution in [1.29, 1.82) is 0 Å². The Morgan fingerprint density at radius 1 is 1.42 bits per heavy atom. The molecule has 1 saturated heterocycles. The smallest absolute Gasteiger partial charge is 0.314 e. The lowest BCUT2D eigenvalue weighted by molar-refractivity contribution is -0.135. The van der Waals surface area contributed by atoms with Crippen LogP contribution in [0.15, 0.2) is 12.3 Å². The summed E-state index contributed by atoms with van der Waals surface area (Å²) in [5, 5.41) is 0. The Bertz CT molecular complexity index is 477. The van der Waals surface area contributed by atoms with Crippen LogP contribution < -0.4 is 9.64 Å². The zero-order chi connectivity index (χ0) is 13.2. The second-order valence-electron chi connectivity index (χ2n) is 5.41. The topological polar surface area (TPSA) is 42.4 Å². The zero-order valence-electron chi connectivity index (χ0n) is 11.4. The van der Waals surface area contributed by atoms with E-state index in [2.05, 4.69) is 16.8 Å². The highest BCUT2D eigenvalue weighted by atomic mass is 16.5. The average Bonchev–Trinajstić information content (AvgIpc) is 3.15. The molecule has 1 aromatic heterocycles. The van der Waals surface area contributed by atoms with Gasteiger partial charge in [-0.2, -0.15) is 0 Å². The van der Waals surface area contributed by atoms with Crippen LogP contribution in [0.2, 0.25) is 0 Å². The fraction of sp³-hybridized carbons (Fsp3) is 0.600. The maximum absolute atomic E-state index is 11.9. The Balaban J connectivity index is 1.85. The Labute approximate surface area is 113 Å². The summed E-state index contributed by atoms with van der Waals surface area (Å²) < 4.78 is 5.58. The third-order valence-electron chi connectivity index (χ3n) is 3.82. The van der Waals surface area contributed by atoms with Crippen molar-refractivity contribution >= 4 is 11.8 Å². The van der Waals surface area contributed by atoms with Crippen LogP contribution in [0.1, 0.15) is 38.2 Å². The molecule has 0 spiro atoms. The van der Waals surface area contributed by atoms with Gasteiger partial charge in [0.2, 0.25) is 0 Å². The first-order chi connectivity index (χ1) is 9.28. The molecule has 1 aliphatic carbocycles. The van der Waals surface area contributed by atoms with Crippen molar-refractivity contribution in [2.75, 3.05) is 18.0 Å². The van der Waals surface area contributed by atoms with Crippen molar-refractivity contribution in [3.8, 4) is 5.75 Å². The molecular formula is C15H20N2O2. The third kappa shape index (κ3) is 2.72. The minimum atomic E-state index is -0.0875. The second-order valence-corrected chi connectivity index (χ2v) is 5.41. The van der Waals surface area contributed by atoms with Crippen LogP contribution in [-0.4, -0.2) is 24.0 Å². The summed E-state index contributed by atoms with van der Waals surface area (Å²) in [4.78, 5) is 18.6. The van der Waals surface area contributed by atoms with Gasteiger partial charge in [0.1, 0.15) is 0 Å². The van der Waals surface area contributed by atoms with Gasteiger partial charge in [0.05, 0.1) is 5.92 Å². The summed E-state index contributed by atoms with van der Waals surface area (Å²) >= 11 is 0. The summed E-state index contributed by atoms with van der Waals surface area (Å²) in [6.45, 7) is 4.10. The predicted molar refractivity (Wildman–Crippen MR) is 73.4 cm³/mol. The molecule has 3 rings (SSSR count). The lowest BCUT2D eigenvalue weighted by atomic mass is 10.2. The number of rotatable bonds is 4. The van der Waals surface area contributed by atoms with Crippen LogP contribution >= 0.6 is 0 Å². The van der Waals surface area contributed by atoms with E-state index in [1.165, 1.54) is 12.8 Å². The molecule has 0 aromatic carbocycles. The first-order valence-electron chi connectivity index (χ1n) is 7.23. The summed E-state index contributed by atoms with van der Waals surface area (Å²) in [6.07, 6.45) is 7.11. The van der Waals surface area contributed by atoms with Crippen molar-refractivity contribution in [3.05, 3.63) is 17.8 Å². The van der Waals surface area contributed by atoms with Gasteiger partial charge in [0.25, 0.3) is 0 Å². The molecule has 2 fully saturated rings. The number of hydrogen-bond donors (Lipinski definition) is 0. The summed E-state index contributed by atoms with van der Waals surface area (Å²) in [7, 11) is 0. The number of aromatic nitrogens is 1. The van der Waals surface area contributed by atoms with E-state index in [0.29, 0.717) is 5.75 Å². The number of anilines is 1. The van der Waals surface area contributed by atoms with Crippen molar-refractivity contribution in [3.63, 3.8) is 0 Å². The van der Waals surface area contributed by atoms with E-state index >= 15 is 0 Å². The van der Waals surface area contributed by atoms with Gasteiger partial charge in [-0.1, -0.05) is 6.92 Å². The van der Waals surface area contributed by atoms with Gasteiger partial charge >= 0.3 is 5.97 Å². The number of carbonyl (C=O) groups is 1. The largest absolute Gasteiger partial charge is 0.422 e. The van der Waals surface area contributed by atoms with Crippen LogP contribution in [0.25, 0.3) is 0 Å². The van der Waals surface area contributed by atoms with Crippen LogP contribution in [0.3, 0.4) is 0 Å². The molecule has 4 nitrogen and oxygen atoms in total. The number of hydrogen-bond acceptors (Lipinski definition) is 4. The van der Waals surface area contributed by atoms with E-state index in [4.69, 9.17) is 4.74 Å². The summed E-state index contributed by atoms with van der Waals surface area (Å²) in [5.74, 6) is 1.52. The van der Waals surface area contributed by atoms with Crippen molar-refractivity contribution in [1.82, 2.24) is 4.98 Å². The van der Waals surface area contributed by atoms with Crippen LogP contribution in [0.4, 0.5) is 5.82 Å². The molecule has 1 aromatic rings. The molecule has 19 heavy (non-hydrogen) atoms. The van der Waals surface area contributed by atoms with Crippen LogP contribution in [0.5, 0.6) is 5.75 Å². The number of nitrogens with zero attached hydrogens (tertiary/aromatic N) is 2. The Kier molecular flexibility index (Phi) is 3.40. The van der Waals surface area contributed by atoms with Crippen molar-refractivity contribution < 1.29 is 9.53 Å². The minimum Gasteiger partial charge on any atom is -0.422 e.